The minimum absolute atomic E-state index is 0.0254. The number of aromatic nitrogens is 1. The third kappa shape index (κ3) is 5.56. The summed E-state index contributed by atoms with van der Waals surface area (Å²) >= 11 is 0. The van der Waals surface area contributed by atoms with Gasteiger partial charge >= 0.3 is 18.6 Å². The van der Waals surface area contributed by atoms with Crippen LogP contribution < -0.4 is 20.7 Å². The molecule has 3 amide bonds. The summed E-state index contributed by atoms with van der Waals surface area (Å²) in [5, 5.41) is 6.96. The largest absolute Gasteiger partial charge is 0.573 e. The number of nitrogens with one attached hydrogen (secondary N) is 3. The van der Waals surface area contributed by atoms with Crippen molar-refractivity contribution in [3.63, 3.8) is 0 Å². The lowest BCUT2D eigenvalue weighted by Gasteiger charge is -2.22. The van der Waals surface area contributed by atoms with Gasteiger partial charge in [-0.05, 0) is 29.8 Å². The van der Waals surface area contributed by atoms with Gasteiger partial charge in [0.1, 0.15) is 11.8 Å². The quantitative estimate of drug-likeness (QED) is 0.591. The van der Waals surface area contributed by atoms with Crippen LogP contribution in [0.1, 0.15) is 23.0 Å². The van der Waals surface area contributed by atoms with E-state index in [0.29, 0.717) is 6.07 Å². The number of pyridine rings is 1. The summed E-state index contributed by atoms with van der Waals surface area (Å²) in [6.45, 7) is -0.111. The Morgan fingerprint density at radius 3 is 2.28 bits per heavy atom. The van der Waals surface area contributed by atoms with E-state index in [4.69, 9.17) is 0 Å². The van der Waals surface area contributed by atoms with Gasteiger partial charge in [-0.2, -0.15) is 13.2 Å². The number of benzene rings is 1. The fourth-order valence-electron chi connectivity index (χ4n) is 2.86. The predicted octanol–water partition coefficient (Wildman–Crippen LogP) is 3.03. The second kappa shape index (κ2) is 8.51. The lowest BCUT2D eigenvalue weighted by Crippen LogP contribution is -2.44. The molecule has 2 heterocycles. The van der Waals surface area contributed by atoms with Crippen LogP contribution in [0.5, 0.6) is 5.75 Å². The zero-order chi connectivity index (χ0) is 23.7. The molecule has 0 spiro atoms. The van der Waals surface area contributed by atoms with Gasteiger partial charge in [0.15, 0.2) is 11.5 Å². The molecule has 32 heavy (non-hydrogen) atoms. The molecule has 3 N–H and O–H groups in total. The second-order valence-electron chi connectivity index (χ2n) is 6.53. The third-order valence-electron chi connectivity index (χ3n) is 4.25. The third-order valence-corrected chi connectivity index (χ3v) is 4.25. The highest BCUT2D eigenvalue weighted by Crippen LogP contribution is 2.32. The maximum Gasteiger partial charge on any atom is 0.573 e. The molecule has 1 aliphatic rings. The fraction of sp³-hybridized carbons (Fsp3) is 0.278. The molecule has 1 saturated heterocycles. The van der Waals surface area contributed by atoms with Crippen molar-refractivity contribution in [3.05, 3.63) is 59.2 Å². The first-order valence-electron chi connectivity index (χ1n) is 8.77. The van der Waals surface area contributed by atoms with E-state index < -0.39 is 59.5 Å². The van der Waals surface area contributed by atoms with Crippen molar-refractivity contribution < 1.29 is 45.1 Å². The number of nitrogens with zero attached hydrogens (tertiary/aromatic N) is 1. The molecule has 2 aromatic rings. The van der Waals surface area contributed by atoms with Crippen LogP contribution in [0.15, 0.2) is 36.4 Å². The minimum atomic E-state index is -5.14. The number of amides is 3. The molecule has 2 atom stereocenters. The maximum absolute atomic E-state index is 13.6. The van der Waals surface area contributed by atoms with Gasteiger partial charge in [0.25, 0.3) is 0 Å². The Kier molecular flexibility index (Phi) is 6.14. The highest BCUT2D eigenvalue weighted by molar-refractivity contribution is 5.90. The number of ether oxygens (including phenoxy) is 1. The molecular weight excluding hydrogens is 453 g/mol. The smallest absolute Gasteiger partial charge is 0.406 e. The molecule has 0 aliphatic carbocycles. The summed E-state index contributed by atoms with van der Waals surface area (Å²) in [6.07, 6.45) is -10.1. The Hall–Kier alpha value is -3.58. The lowest BCUT2D eigenvalue weighted by molar-refractivity contribution is -0.274. The van der Waals surface area contributed by atoms with Crippen LogP contribution in [0.4, 0.5) is 35.5 Å². The van der Waals surface area contributed by atoms with E-state index in [-0.39, 0.29) is 12.1 Å². The SMILES string of the molecule is O=C1NC[C@@H](C(=O)N[C@H](c2ccc(OC(F)(F)F)cc2)c2ccc(F)c(C(F)(F)F)n2)N1. The fourth-order valence-corrected chi connectivity index (χ4v) is 2.86. The molecule has 1 fully saturated rings. The van der Waals surface area contributed by atoms with Crippen LogP contribution >= 0.6 is 0 Å². The van der Waals surface area contributed by atoms with Gasteiger partial charge in [-0.3, -0.25) is 4.79 Å². The average molecular weight is 466 g/mol. The Labute approximate surface area is 175 Å². The van der Waals surface area contributed by atoms with Crippen molar-refractivity contribution in [3.8, 4) is 5.75 Å². The first kappa shape index (κ1) is 23.1. The predicted molar refractivity (Wildman–Crippen MR) is 92.6 cm³/mol. The van der Waals surface area contributed by atoms with E-state index in [2.05, 4.69) is 25.7 Å². The number of alkyl halides is 6. The van der Waals surface area contributed by atoms with E-state index >= 15 is 0 Å². The highest BCUT2D eigenvalue weighted by atomic mass is 19.4. The van der Waals surface area contributed by atoms with Gasteiger partial charge in [0, 0.05) is 6.54 Å². The Balaban J connectivity index is 1.96. The van der Waals surface area contributed by atoms with Crippen molar-refractivity contribution in [2.24, 2.45) is 0 Å². The summed E-state index contributed by atoms with van der Waals surface area (Å²) in [6, 6.07) is 2.16. The van der Waals surface area contributed by atoms with E-state index in [1.54, 1.807) is 0 Å². The van der Waals surface area contributed by atoms with Crippen LogP contribution in [-0.2, 0) is 11.0 Å². The monoisotopic (exact) mass is 466 g/mol. The number of hydrogen-bond acceptors (Lipinski definition) is 4. The van der Waals surface area contributed by atoms with Crippen LogP contribution in [0.3, 0.4) is 0 Å². The molecule has 1 aliphatic heterocycles. The van der Waals surface area contributed by atoms with Crippen molar-refractivity contribution in [2.75, 3.05) is 6.54 Å². The summed E-state index contributed by atoms with van der Waals surface area (Å²) in [4.78, 5) is 27.0. The summed E-state index contributed by atoms with van der Waals surface area (Å²) in [5.41, 5.74) is -2.24. The van der Waals surface area contributed by atoms with Gasteiger partial charge in [0.2, 0.25) is 5.91 Å². The van der Waals surface area contributed by atoms with Crippen LogP contribution in [0.2, 0.25) is 0 Å². The molecule has 3 rings (SSSR count). The van der Waals surface area contributed by atoms with Gasteiger partial charge in [0.05, 0.1) is 11.7 Å². The topological polar surface area (TPSA) is 92.4 Å². The molecule has 1 aromatic heterocycles. The minimum Gasteiger partial charge on any atom is -0.406 e. The van der Waals surface area contributed by atoms with Crippen molar-refractivity contribution in [1.82, 2.24) is 20.9 Å². The number of halogens is 7. The van der Waals surface area contributed by atoms with Gasteiger partial charge in [-0.1, -0.05) is 12.1 Å². The number of rotatable bonds is 5. The molecule has 14 heteroatoms. The average Bonchev–Trinajstić information content (AvgIpc) is 3.12. The molecule has 0 unspecified atom stereocenters. The van der Waals surface area contributed by atoms with Crippen molar-refractivity contribution >= 4 is 11.9 Å². The number of carbonyl (C=O) groups is 2. The van der Waals surface area contributed by atoms with Gasteiger partial charge < -0.3 is 20.7 Å². The Morgan fingerprint density at radius 2 is 1.75 bits per heavy atom. The molecule has 0 saturated carbocycles. The van der Waals surface area contributed by atoms with Crippen LogP contribution in [0, 0.1) is 5.82 Å². The zero-order valence-corrected chi connectivity index (χ0v) is 15.6. The normalized spacial score (nSPS) is 17.3. The molecule has 0 radical (unpaired) electrons. The second-order valence-corrected chi connectivity index (χ2v) is 6.53. The zero-order valence-electron chi connectivity index (χ0n) is 15.6. The molecule has 1 aromatic carbocycles. The standard InChI is InChI=1S/C18H13F7N4O3/c19-10-5-6-11(27-14(10)17(20,21)22)13(29-15(30)12-7-26-16(31)28-12)8-1-3-9(4-2-8)32-18(23,24)25/h1-6,12-13H,7H2,(H,29,30)(H2,26,28,31)/t12-,13+/m0/s1. The Bertz CT molecular complexity index is 1010. The number of urea groups is 1. The molecular formula is C18H13F7N4O3. The summed E-state index contributed by atoms with van der Waals surface area (Å²) in [5.74, 6) is -3.07. The molecule has 7 nitrogen and oxygen atoms in total. The van der Waals surface area contributed by atoms with Gasteiger partial charge in [-0.15, -0.1) is 13.2 Å². The lowest BCUT2D eigenvalue weighted by atomic mass is 10.0. The first-order valence-corrected chi connectivity index (χ1v) is 8.77. The summed E-state index contributed by atoms with van der Waals surface area (Å²) < 4.78 is 93.7. The van der Waals surface area contributed by atoms with Crippen LogP contribution in [-0.4, -0.2) is 35.9 Å². The Morgan fingerprint density at radius 1 is 1.09 bits per heavy atom. The summed E-state index contributed by atoms with van der Waals surface area (Å²) in [7, 11) is 0. The van der Waals surface area contributed by atoms with Crippen molar-refractivity contribution in [2.45, 2.75) is 24.6 Å². The van der Waals surface area contributed by atoms with Crippen LogP contribution in [0.25, 0.3) is 0 Å². The van der Waals surface area contributed by atoms with Gasteiger partial charge in [-0.25, -0.2) is 14.2 Å². The van der Waals surface area contributed by atoms with E-state index in [1.807, 2.05) is 0 Å². The number of carbonyl (C=O) groups excluding carboxylic acids is 2. The highest BCUT2D eigenvalue weighted by Gasteiger charge is 2.38. The molecule has 0 bridgehead atoms. The van der Waals surface area contributed by atoms with Crippen molar-refractivity contribution in [1.29, 1.82) is 0 Å². The van der Waals surface area contributed by atoms with E-state index in [0.717, 1.165) is 30.3 Å². The van der Waals surface area contributed by atoms with E-state index in [9.17, 15) is 40.3 Å². The maximum atomic E-state index is 13.6. The molecule has 172 valence electrons. The first-order chi connectivity index (χ1) is 14.8. The van der Waals surface area contributed by atoms with E-state index in [1.165, 1.54) is 0 Å². The number of hydrogen-bond donors (Lipinski definition) is 3.